The number of nitrogens with one attached hydrogen (secondary N) is 2. The van der Waals surface area contributed by atoms with E-state index in [0.717, 1.165) is 34.9 Å². The van der Waals surface area contributed by atoms with Crippen LogP contribution >= 0.6 is 11.8 Å². The Bertz CT molecular complexity index is 1010. The van der Waals surface area contributed by atoms with Gasteiger partial charge in [-0.1, -0.05) is 31.7 Å². The van der Waals surface area contributed by atoms with E-state index in [4.69, 9.17) is 0 Å². The van der Waals surface area contributed by atoms with E-state index in [9.17, 15) is 14.4 Å². The van der Waals surface area contributed by atoms with E-state index in [1.807, 2.05) is 24.3 Å². The molecule has 0 spiro atoms. The molecule has 1 aromatic heterocycles. The highest BCUT2D eigenvalue weighted by molar-refractivity contribution is 7.99. The second kappa shape index (κ2) is 12.0. The zero-order valence-corrected chi connectivity index (χ0v) is 20.2. The third-order valence-corrected chi connectivity index (χ3v) is 7.56. The number of anilines is 1. The number of imide groups is 1. The molecule has 0 aliphatic carbocycles. The summed E-state index contributed by atoms with van der Waals surface area (Å²) in [7, 11) is 0. The molecular formula is C26H32N4O3S. The Hall–Kier alpha value is -2.87. The van der Waals surface area contributed by atoms with Crippen molar-refractivity contribution in [1.82, 2.24) is 15.2 Å². The predicted molar refractivity (Wildman–Crippen MR) is 134 cm³/mol. The highest BCUT2D eigenvalue weighted by atomic mass is 32.2. The summed E-state index contributed by atoms with van der Waals surface area (Å²) in [4.78, 5) is 43.4. The molecule has 4 rings (SSSR count). The zero-order valence-electron chi connectivity index (χ0n) is 19.4. The van der Waals surface area contributed by atoms with E-state index in [1.54, 1.807) is 29.1 Å². The summed E-state index contributed by atoms with van der Waals surface area (Å²) < 4.78 is 0. The standard InChI is InChI=1S/C26H32N4O3S/c31-24-11-10-22(25(32)29-24)30-18-21-20(26(30)33)8-7-9-23(21)34-17-6-4-2-1-3-5-14-28-19-12-15-27-16-13-19/h7-9,12-13,15-16,22H,1-6,10-11,14,17-18H2,(H,27,28)(H,29,31,32). The molecule has 8 heteroatoms. The molecular weight excluding hydrogens is 448 g/mol. The molecule has 7 nitrogen and oxygen atoms in total. The quantitative estimate of drug-likeness (QED) is 0.266. The second-order valence-electron chi connectivity index (χ2n) is 8.81. The first-order chi connectivity index (χ1) is 16.6. The van der Waals surface area contributed by atoms with Gasteiger partial charge in [0.2, 0.25) is 11.8 Å². The molecule has 2 aromatic rings. The molecule has 1 fully saturated rings. The molecule has 1 unspecified atom stereocenters. The van der Waals surface area contributed by atoms with Gasteiger partial charge in [-0.2, -0.15) is 0 Å². The van der Waals surface area contributed by atoms with E-state index < -0.39 is 6.04 Å². The summed E-state index contributed by atoms with van der Waals surface area (Å²) in [6.45, 7) is 1.44. The summed E-state index contributed by atoms with van der Waals surface area (Å²) in [6.07, 6.45) is 11.5. The number of hydrogen-bond acceptors (Lipinski definition) is 6. The van der Waals surface area contributed by atoms with E-state index in [-0.39, 0.29) is 24.1 Å². The lowest BCUT2D eigenvalue weighted by Crippen LogP contribution is -2.52. The lowest BCUT2D eigenvalue weighted by atomic mass is 10.0. The van der Waals surface area contributed by atoms with Crippen LogP contribution in [-0.4, -0.2) is 45.9 Å². The van der Waals surface area contributed by atoms with Gasteiger partial charge in [-0.3, -0.25) is 24.7 Å². The minimum Gasteiger partial charge on any atom is -0.385 e. The summed E-state index contributed by atoms with van der Waals surface area (Å²) in [5.41, 5.74) is 2.83. The van der Waals surface area contributed by atoms with Crippen LogP contribution in [0.15, 0.2) is 47.6 Å². The van der Waals surface area contributed by atoms with Gasteiger partial charge in [-0.05, 0) is 54.8 Å². The fourth-order valence-electron chi connectivity index (χ4n) is 4.51. The Labute approximate surface area is 205 Å². The third-order valence-electron chi connectivity index (χ3n) is 6.38. The summed E-state index contributed by atoms with van der Waals surface area (Å²) in [6, 6.07) is 9.25. The van der Waals surface area contributed by atoms with Crippen molar-refractivity contribution in [2.24, 2.45) is 0 Å². The Morgan fingerprint density at radius 3 is 2.56 bits per heavy atom. The molecule has 34 heavy (non-hydrogen) atoms. The van der Waals surface area contributed by atoms with Crippen LogP contribution in [0.5, 0.6) is 0 Å². The van der Waals surface area contributed by atoms with Crippen LogP contribution < -0.4 is 10.6 Å². The van der Waals surface area contributed by atoms with Crippen LogP contribution in [0.25, 0.3) is 0 Å². The maximum Gasteiger partial charge on any atom is 0.255 e. The number of unbranched alkanes of at least 4 members (excludes halogenated alkanes) is 5. The molecule has 1 aromatic carbocycles. The van der Waals surface area contributed by atoms with Gasteiger partial charge < -0.3 is 10.2 Å². The van der Waals surface area contributed by atoms with Crippen molar-refractivity contribution in [3.63, 3.8) is 0 Å². The van der Waals surface area contributed by atoms with Crippen molar-refractivity contribution < 1.29 is 14.4 Å². The Morgan fingerprint density at radius 1 is 1.00 bits per heavy atom. The number of amides is 3. The fourth-order valence-corrected chi connectivity index (χ4v) is 5.60. The molecule has 1 atom stereocenters. The summed E-state index contributed by atoms with van der Waals surface area (Å²) in [5, 5.41) is 5.78. The van der Waals surface area contributed by atoms with Crippen molar-refractivity contribution in [3.8, 4) is 0 Å². The smallest absolute Gasteiger partial charge is 0.255 e. The number of thioether (sulfide) groups is 1. The molecule has 1 saturated heterocycles. The minimum atomic E-state index is -0.560. The monoisotopic (exact) mass is 480 g/mol. The summed E-state index contributed by atoms with van der Waals surface area (Å²) in [5.74, 6) is 0.292. The molecule has 0 radical (unpaired) electrons. The molecule has 3 heterocycles. The molecule has 180 valence electrons. The number of carbonyl (C=O) groups is 3. The van der Waals surface area contributed by atoms with E-state index in [2.05, 4.69) is 21.7 Å². The Morgan fingerprint density at radius 2 is 1.76 bits per heavy atom. The number of nitrogens with zero attached hydrogens (tertiary/aromatic N) is 2. The SMILES string of the molecule is O=C1CCC(N2Cc3c(SCCCCCCCCNc4ccncc4)cccc3C2=O)C(=O)N1. The van der Waals surface area contributed by atoms with Gasteiger partial charge >= 0.3 is 0 Å². The first-order valence-electron chi connectivity index (χ1n) is 12.2. The molecule has 0 saturated carbocycles. The lowest BCUT2D eigenvalue weighted by molar-refractivity contribution is -0.136. The maximum absolute atomic E-state index is 12.9. The van der Waals surface area contributed by atoms with Crippen LogP contribution in [0, 0.1) is 0 Å². The van der Waals surface area contributed by atoms with Gasteiger partial charge in [0, 0.05) is 48.1 Å². The molecule has 2 aliphatic heterocycles. The van der Waals surface area contributed by atoms with Gasteiger partial charge in [-0.25, -0.2) is 0 Å². The predicted octanol–water partition coefficient (Wildman–Crippen LogP) is 4.39. The normalized spacial score (nSPS) is 17.6. The van der Waals surface area contributed by atoms with Crippen LogP contribution in [0.1, 0.15) is 67.3 Å². The second-order valence-corrected chi connectivity index (χ2v) is 9.95. The highest BCUT2D eigenvalue weighted by Crippen LogP contribution is 2.34. The van der Waals surface area contributed by atoms with Gasteiger partial charge in [0.1, 0.15) is 6.04 Å². The number of fused-ring (bicyclic) bond motifs is 1. The number of piperidine rings is 1. The van der Waals surface area contributed by atoms with Crippen molar-refractivity contribution in [1.29, 1.82) is 0 Å². The topological polar surface area (TPSA) is 91.4 Å². The average molecular weight is 481 g/mol. The lowest BCUT2D eigenvalue weighted by Gasteiger charge is -2.29. The Balaban J connectivity index is 1.14. The molecule has 0 bridgehead atoms. The number of rotatable bonds is 12. The van der Waals surface area contributed by atoms with Gasteiger partial charge in [0.15, 0.2) is 0 Å². The average Bonchev–Trinajstić information content (AvgIpc) is 3.18. The van der Waals surface area contributed by atoms with Crippen LogP contribution in [0.3, 0.4) is 0 Å². The first-order valence-corrected chi connectivity index (χ1v) is 13.2. The fraction of sp³-hybridized carbons (Fsp3) is 0.462. The van der Waals surface area contributed by atoms with Crippen molar-refractivity contribution in [2.75, 3.05) is 17.6 Å². The largest absolute Gasteiger partial charge is 0.385 e. The van der Waals surface area contributed by atoms with E-state index >= 15 is 0 Å². The Kier molecular flexibility index (Phi) is 8.57. The number of carbonyl (C=O) groups excluding carboxylic acids is 3. The molecule has 3 amide bonds. The van der Waals surface area contributed by atoms with E-state index in [1.165, 1.54) is 32.1 Å². The van der Waals surface area contributed by atoms with Gasteiger partial charge in [-0.15, -0.1) is 11.8 Å². The maximum atomic E-state index is 12.9. The highest BCUT2D eigenvalue weighted by Gasteiger charge is 2.39. The summed E-state index contributed by atoms with van der Waals surface area (Å²) >= 11 is 1.80. The number of benzene rings is 1. The number of pyridine rings is 1. The van der Waals surface area contributed by atoms with E-state index in [0.29, 0.717) is 18.5 Å². The van der Waals surface area contributed by atoms with Crippen LogP contribution in [0.2, 0.25) is 0 Å². The minimum absolute atomic E-state index is 0.106. The third kappa shape index (κ3) is 6.17. The molecule has 2 aliphatic rings. The van der Waals surface area contributed by atoms with Crippen molar-refractivity contribution >= 4 is 35.2 Å². The number of hydrogen-bond donors (Lipinski definition) is 2. The molecule has 2 N–H and O–H groups in total. The van der Waals surface area contributed by atoms with Crippen LogP contribution in [0.4, 0.5) is 5.69 Å². The zero-order chi connectivity index (χ0) is 23.8. The van der Waals surface area contributed by atoms with Gasteiger partial charge in [0.25, 0.3) is 5.91 Å². The van der Waals surface area contributed by atoms with Crippen LogP contribution in [-0.2, 0) is 16.1 Å². The van der Waals surface area contributed by atoms with Gasteiger partial charge in [0.05, 0.1) is 0 Å². The first kappa shape index (κ1) is 24.3. The number of aromatic nitrogens is 1. The van der Waals surface area contributed by atoms with Crippen molar-refractivity contribution in [3.05, 3.63) is 53.9 Å². The van der Waals surface area contributed by atoms with Crippen molar-refractivity contribution in [2.45, 2.75) is 68.8 Å².